The van der Waals surface area contributed by atoms with Crippen molar-refractivity contribution in [3.05, 3.63) is 41.3 Å². The number of benzene rings is 1. The summed E-state index contributed by atoms with van der Waals surface area (Å²) in [7, 11) is -2.07. The second-order valence-corrected chi connectivity index (χ2v) is 8.80. The van der Waals surface area contributed by atoms with E-state index in [-0.39, 0.29) is 29.8 Å². The van der Waals surface area contributed by atoms with E-state index in [1.165, 1.54) is 23.5 Å². The molecule has 1 atom stereocenters. The van der Waals surface area contributed by atoms with Crippen LogP contribution >= 0.6 is 0 Å². The molecule has 0 radical (unpaired) electrons. The van der Waals surface area contributed by atoms with E-state index in [2.05, 4.69) is 5.16 Å². The van der Waals surface area contributed by atoms with Gasteiger partial charge in [0.25, 0.3) is 0 Å². The van der Waals surface area contributed by atoms with Crippen LogP contribution in [0.15, 0.2) is 33.7 Å². The van der Waals surface area contributed by atoms with E-state index >= 15 is 0 Å². The summed E-state index contributed by atoms with van der Waals surface area (Å²) in [6.45, 7) is 6.65. The van der Waals surface area contributed by atoms with Crippen molar-refractivity contribution in [2.45, 2.75) is 31.6 Å². The number of methoxy groups -OCH3 is 1. The number of piperazine rings is 1. The Morgan fingerprint density at radius 1 is 1.14 bits per heavy atom. The maximum absolute atomic E-state index is 12.9. The minimum absolute atomic E-state index is 0.0455. The molecular weight excluding hydrogens is 382 g/mol. The van der Waals surface area contributed by atoms with Crippen molar-refractivity contribution < 1.29 is 22.5 Å². The molecule has 1 aromatic carbocycles. The van der Waals surface area contributed by atoms with Crippen molar-refractivity contribution in [3.8, 4) is 5.75 Å². The van der Waals surface area contributed by atoms with Gasteiger partial charge in [0.2, 0.25) is 15.9 Å². The Bertz CT molecular complexity index is 925. The fraction of sp³-hybridized carbons (Fsp3) is 0.474. The van der Waals surface area contributed by atoms with Crippen molar-refractivity contribution in [3.63, 3.8) is 0 Å². The summed E-state index contributed by atoms with van der Waals surface area (Å²) in [5.74, 6) is 0.814. The van der Waals surface area contributed by atoms with Gasteiger partial charge in [-0.3, -0.25) is 4.79 Å². The lowest BCUT2D eigenvalue weighted by Gasteiger charge is -2.35. The molecule has 1 aliphatic heterocycles. The monoisotopic (exact) mass is 407 g/mol. The Morgan fingerprint density at radius 3 is 2.25 bits per heavy atom. The molecule has 3 rings (SSSR count). The summed E-state index contributed by atoms with van der Waals surface area (Å²) >= 11 is 0. The molecule has 9 heteroatoms. The first kappa shape index (κ1) is 20.3. The van der Waals surface area contributed by atoms with Gasteiger partial charge in [0.05, 0.1) is 23.6 Å². The van der Waals surface area contributed by atoms with Crippen LogP contribution in [0, 0.1) is 13.8 Å². The molecule has 1 aromatic heterocycles. The lowest BCUT2D eigenvalue weighted by atomic mass is 9.98. The molecule has 2 heterocycles. The molecule has 1 saturated heterocycles. The van der Waals surface area contributed by atoms with Crippen LogP contribution in [0.4, 0.5) is 0 Å². The minimum atomic E-state index is -3.60. The highest BCUT2D eigenvalue weighted by molar-refractivity contribution is 7.89. The van der Waals surface area contributed by atoms with E-state index in [1.54, 1.807) is 24.0 Å². The van der Waals surface area contributed by atoms with Crippen LogP contribution < -0.4 is 4.74 Å². The smallest absolute Gasteiger partial charge is 0.243 e. The number of aromatic nitrogens is 1. The lowest BCUT2D eigenvalue weighted by molar-refractivity contribution is -0.133. The highest BCUT2D eigenvalue weighted by atomic mass is 32.2. The van der Waals surface area contributed by atoms with Crippen LogP contribution in [0.5, 0.6) is 5.75 Å². The van der Waals surface area contributed by atoms with E-state index in [0.29, 0.717) is 30.3 Å². The first-order valence-electron chi connectivity index (χ1n) is 9.11. The van der Waals surface area contributed by atoms with Crippen molar-refractivity contribution in [2.75, 3.05) is 33.3 Å². The Balaban J connectivity index is 1.67. The molecule has 0 spiro atoms. The van der Waals surface area contributed by atoms with Gasteiger partial charge in [0.15, 0.2) is 0 Å². The molecule has 1 aliphatic rings. The van der Waals surface area contributed by atoms with E-state index < -0.39 is 10.0 Å². The van der Waals surface area contributed by atoms with E-state index in [4.69, 9.17) is 9.26 Å². The predicted molar refractivity (Wildman–Crippen MR) is 103 cm³/mol. The third-order valence-electron chi connectivity index (χ3n) is 5.14. The Kier molecular flexibility index (Phi) is 5.76. The van der Waals surface area contributed by atoms with Gasteiger partial charge < -0.3 is 14.2 Å². The molecule has 0 bridgehead atoms. The SMILES string of the molecule is COc1ccc(S(=O)(=O)N2CCN(C(=O)C(C)c3c(C)noc3C)CC2)cc1. The summed E-state index contributed by atoms with van der Waals surface area (Å²) in [6.07, 6.45) is 0. The fourth-order valence-electron chi connectivity index (χ4n) is 3.55. The van der Waals surface area contributed by atoms with Gasteiger partial charge in [-0.05, 0) is 45.0 Å². The topological polar surface area (TPSA) is 93.0 Å². The first-order valence-corrected chi connectivity index (χ1v) is 10.6. The number of carbonyl (C=O) groups is 1. The molecule has 8 nitrogen and oxygen atoms in total. The molecule has 0 aliphatic carbocycles. The summed E-state index contributed by atoms with van der Waals surface area (Å²) in [6, 6.07) is 6.31. The van der Waals surface area contributed by atoms with Crippen LogP contribution in [0.3, 0.4) is 0 Å². The number of amides is 1. The molecule has 0 saturated carbocycles. The highest BCUT2D eigenvalue weighted by Gasteiger charge is 2.33. The molecule has 2 aromatic rings. The van der Waals surface area contributed by atoms with Gasteiger partial charge in [-0.2, -0.15) is 4.31 Å². The number of carbonyl (C=O) groups excluding carboxylic acids is 1. The van der Waals surface area contributed by atoms with Crippen LogP contribution in [0.2, 0.25) is 0 Å². The van der Waals surface area contributed by atoms with Crippen molar-refractivity contribution in [1.29, 1.82) is 0 Å². The van der Waals surface area contributed by atoms with Crippen LogP contribution in [0.25, 0.3) is 0 Å². The summed E-state index contributed by atoms with van der Waals surface area (Å²) in [5, 5.41) is 3.91. The number of aryl methyl sites for hydroxylation is 2. The zero-order chi connectivity index (χ0) is 20.5. The zero-order valence-corrected chi connectivity index (χ0v) is 17.3. The average molecular weight is 407 g/mol. The van der Waals surface area contributed by atoms with Crippen molar-refractivity contribution in [2.24, 2.45) is 0 Å². The van der Waals surface area contributed by atoms with Crippen molar-refractivity contribution in [1.82, 2.24) is 14.4 Å². The lowest BCUT2D eigenvalue weighted by Crippen LogP contribution is -2.51. The normalized spacial score (nSPS) is 16.8. The van der Waals surface area contributed by atoms with E-state index in [0.717, 1.165) is 5.56 Å². The second kappa shape index (κ2) is 7.92. The number of sulfonamides is 1. The number of hydrogen-bond acceptors (Lipinski definition) is 6. The molecular formula is C19H25N3O5S. The summed E-state index contributed by atoms with van der Waals surface area (Å²) < 4.78 is 37.3. The van der Waals surface area contributed by atoms with Gasteiger partial charge >= 0.3 is 0 Å². The largest absolute Gasteiger partial charge is 0.497 e. The van der Waals surface area contributed by atoms with E-state index in [1.807, 2.05) is 13.8 Å². The second-order valence-electron chi connectivity index (χ2n) is 6.86. The van der Waals surface area contributed by atoms with Crippen LogP contribution in [-0.4, -0.2) is 62.0 Å². The first-order chi connectivity index (χ1) is 13.3. The van der Waals surface area contributed by atoms with Gasteiger partial charge in [-0.1, -0.05) is 5.16 Å². The number of rotatable bonds is 5. The quantitative estimate of drug-likeness (QED) is 0.752. The van der Waals surface area contributed by atoms with Crippen LogP contribution in [-0.2, 0) is 14.8 Å². The molecule has 1 fully saturated rings. The Labute approximate surface area is 165 Å². The van der Waals surface area contributed by atoms with E-state index in [9.17, 15) is 13.2 Å². The number of nitrogens with zero attached hydrogens (tertiary/aromatic N) is 3. The molecule has 1 amide bonds. The number of ether oxygens (including phenoxy) is 1. The highest BCUT2D eigenvalue weighted by Crippen LogP contribution is 2.26. The maximum Gasteiger partial charge on any atom is 0.243 e. The molecule has 28 heavy (non-hydrogen) atoms. The van der Waals surface area contributed by atoms with Crippen molar-refractivity contribution >= 4 is 15.9 Å². The number of hydrogen-bond donors (Lipinski definition) is 0. The fourth-order valence-corrected chi connectivity index (χ4v) is 4.97. The minimum Gasteiger partial charge on any atom is -0.497 e. The zero-order valence-electron chi connectivity index (χ0n) is 16.5. The van der Waals surface area contributed by atoms with Gasteiger partial charge in [0, 0.05) is 31.7 Å². The maximum atomic E-state index is 12.9. The summed E-state index contributed by atoms with van der Waals surface area (Å²) in [5.41, 5.74) is 1.51. The Morgan fingerprint density at radius 2 is 1.75 bits per heavy atom. The van der Waals surface area contributed by atoms with Gasteiger partial charge in [-0.15, -0.1) is 0 Å². The van der Waals surface area contributed by atoms with Gasteiger partial charge in [-0.25, -0.2) is 8.42 Å². The molecule has 152 valence electrons. The van der Waals surface area contributed by atoms with Crippen LogP contribution in [0.1, 0.15) is 29.9 Å². The molecule has 1 unspecified atom stereocenters. The third kappa shape index (κ3) is 3.77. The average Bonchev–Trinajstić information content (AvgIpc) is 3.05. The molecule has 0 N–H and O–H groups in total. The third-order valence-corrected chi connectivity index (χ3v) is 7.05. The summed E-state index contributed by atoms with van der Waals surface area (Å²) in [4.78, 5) is 14.8. The predicted octanol–water partition coefficient (Wildman–Crippen LogP) is 1.94. The standard InChI is InChI=1S/C19H25N3O5S/c1-13(18-14(2)20-27-15(18)3)19(23)21-9-11-22(12-10-21)28(24,25)17-7-5-16(26-4)6-8-17/h5-8,13H,9-12H2,1-4H3. The Hall–Kier alpha value is -2.39. The van der Waals surface area contributed by atoms with Gasteiger partial charge in [0.1, 0.15) is 11.5 Å².